The van der Waals surface area contributed by atoms with Crippen molar-refractivity contribution in [3.63, 3.8) is 0 Å². The Morgan fingerprint density at radius 3 is 1.86 bits per heavy atom. The van der Waals surface area contributed by atoms with Gasteiger partial charge in [0.15, 0.2) is 23.3 Å². The molecule has 7 heteroatoms. The van der Waals surface area contributed by atoms with Gasteiger partial charge in [-0.05, 0) is 10.6 Å². The van der Waals surface area contributed by atoms with Gasteiger partial charge >= 0.3 is 0 Å². The fraction of sp³-hybridized carbons (Fsp3) is 0. The minimum Gasteiger partial charge on any atom is -0.294 e. The van der Waals surface area contributed by atoms with E-state index < -0.39 is 36.9 Å². The van der Waals surface area contributed by atoms with E-state index in [4.69, 9.17) is 0 Å². The van der Waals surface area contributed by atoms with Crippen LogP contribution in [-0.2, 0) is 0 Å². The van der Waals surface area contributed by atoms with Crippen molar-refractivity contribution in [3.8, 4) is 5.69 Å². The zero-order valence-electron chi connectivity index (χ0n) is 14.4. The van der Waals surface area contributed by atoms with Crippen molar-refractivity contribution in [2.75, 3.05) is 0 Å². The fourth-order valence-corrected chi connectivity index (χ4v) is 5.21. The van der Waals surface area contributed by atoms with Gasteiger partial charge in [-0.1, -0.05) is 60.7 Å². The Labute approximate surface area is 159 Å². The van der Waals surface area contributed by atoms with E-state index in [0.717, 1.165) is 15.2 Å². The lowest BCUT2D eigenvalue weighted by Crippen LogP contribution is -2.28. The lowest BCUT2D eigenvalue weighted by molar-refractivity contribution is 0.431. The quantitative estimate of drug-likeness (QED) is 0.218. The lowest BCUT2D eigenvalue weighted by Gasteiger charge is -2.20. The molecule has 0 radical (unpaired) electrons. The molecule has 0 unspecified atom stereocenters. The van der Waals surface area contributed by atoms with Crippen LogP contribution in [0.3, 0.4) is 0 Å². The number of nitrogens with zero attached hydrogens (tertiary/aromatic N) is 2. The van der Waals surface area contributed by atoms with Gasteiger partial charge in [0.25, 0.3) is 0 Å². The van der Waals surface area contributed by atoms with Gasteiger partial charge in [-0.25, -0.2) is 22.5 Å². The van der Waals surface area contributed by atoms with Crippen molar-refractivity contribution in [2.24, 2.45) is 0 Å². The highest BCUT2D eigenvalue weighted by Gasteiger charge is 2.26. The van der Waals surface area contributed by atoms with Crippen LogP contribution in [0, 0.1) is 23.3 Å². The summed E-state index contributed by atoms with van der Waals surface area (Å²) in [6, 6.07) is 19.1. The molecule has 28 heavy (non-hydrogen) atoms. The van der Waals surface area contributed by atoms with Crippen LogP contribution < -0.4 is 16.2 Å². The van der Waals surface area contributed by atoms with Crippen molar-refractivity contribution in [1.82, 2.24) is 9.55 Å². The van der Waals surface area contributed by atoms with E-state index in [-0.39, 0.29) is 0 Å². The fourth-order valence-electron chi connectivity index (χ4n) is 2.95. The van der Waals surface area contributed by atoms with Crippen LogP contribution in [0.15, 0.2) is 79.1 Å². The predicted molar refractivity (Wildman–Crippen MR) is 102 cm³/mol. The molecule has 1 aromatic heterocycles. The average molecular weight is 400 g/mol. The molecule has 1 heterocycles. The van der Waals surface area contributed by atoms with Crippen LogP contribution in [0.25, 0.3) is 5.69 Å². The van der Waals surface area contributed by atoms with Gasteiger partial charge < -0.3 is 0 Å². The Kier molecular flexibility index (Phi) is 4.97. The Balaban J connectivity index is 1.95. The van der Waals surface area contributed by atoms with Crippen molar-refractivity contribution in [2.45, 2.75) is 0 Å². The molecule has 0 fully saturated rings. The summed E-state index contributed by atoms with van der Waals surface area (Å²) in [5, 5.41) is 1.80. The topological polar surface area (TPSA) is 17.8 Å². The van der Waals surface area contributed by atoms with E-state index in [1.807, 2.05) is 60.7 Å². The van der Waals surface area contributed by atoms with Crippen LogP contribution in [0.4, 0.5) is 17.6 Å². The molecule has 0 amide bonds. The Bertz CT molecular complexity index is 1070. The number of aromatic nitrogens is 2. The second kappa shape index (κ2) is 7.56. The van der Waals surface area contributed by atoms with E-state index >= 15 is 0 Å². The molecule has 0 aliphatic rings. The summed E-state index contributed by atoms with van der Waals surface area (Å²) in [7, 11) is -1.29. The van der Waals surface area contributed by atoms with Crippen molar-refractivity contribution in [3.05, 3.63) is 102 Å². The normalized spacial score (nSPS) is 11.2. The lowest BCUT2D eigenvalue weighted by atomic mass is 10.2. The molecule has 0 saturated carbocycles. The van der Waals surface area contributed by atoms with Gasteiger partial charge in [0, 0.05) is 26.4 Å². The second-order valence-electron chi connectivity index (χ2n) is 5.92. The summed E-state index contributed by atoms with van der Waals surface area (Å²) in [6.45, 7) is 0. The standard InChI is InChI=1S/C21H13F4N2P/c22-16-13-17(23)20(19(25)18(16)24)27-12-11-26-21(27)28(14-7-3-1-4-8-14)15-9-5-2-6-10-15/h1-13H. The van der Waals surface area contributed by atoms with Gasteiger partial charge in [-0.3, -0.25) is 4.57 Å². The zero-order valence-corrected chi connectivity index (χ0v) is 15.3. The highest BCUT2D eigenvalue weighted by Crippen LogP contribution is 2.34. The van der Waals surface area contributed by atoms with E-state index in [0.29, 0.717) is 11.6 Å². The van der Waals surface area contributed by atoms with Gasteiger partial charge in [-0.2, -0.15) is 0 Å². The summed E-state index contributed by atoms with van der Waals surface area (Å²) >= 11 is 0. The molecule has 4 aromatic rings. The van der Waals surface area contributed by atoms with E-state index in [9.17, 15) is 17.6 Å². The van der Waals surface area contributed by atoms with Crippen LogP contribution in [0.5, 0.6) is 0 Å². The third-order valence-electron chi connectivity index (χ3n) is 4.18. The minimum absolute atomic E-state index is 0.338. The predicted octanol–water partition coefficient (Wildman–Crippen LogP) is 4.19. The van der Waals surface area contributed by atoms with Crippen molar-refractivity contribution >= 4 is 24.1 Å². The molecule has 0 atom stereocenters. The summed E-state index contributed by atoms with van der Waals surface area (Å²) < 4.78 is 57.2. The maximum atomic E-state index is 14.4. The number of hydrogen-bond acceptors (Lipinski definition) is 1. The van der Waals surface area contributed by atoms with Gasteiger partial charge in [0.1, 0.15) is 11.3 Å². The molecule has 4 rings (SSSR count). The van der Waals surface area contributed by atoms with Crippen LogP contribution >= 0.6 is 7.92 Å². The van der Waals surface area contributed by atoms with E-state index in [1.165, 1.54) is 12.4 Å². The van der Waals surface area contributed by atoms with Gasteiger partial charge in [-0.15, -0.1) is 0 Å². The number of rotatable bonds is 4. The summed E-state index contributed by atoms with van der Waals surface area (Å²) in [6.07, 6.45) is 2.73. The first kappa shape index (κ1) is 18.4. The van der Waals surface area contributed by atoms with E-state index in [1.54, 1.807) is 0 Å². The smallest absolute Gasteiger partial charge is 0.196 e. The molecule has 2 nitrogen and oxygen atoms in total. The Morgan fingerprint density at radius 1 is 0.714 bits per heavy atom. The third kappa shape index (κ3) is 3.20. The SMILES string of the molecule is Fc1cc(F)c(-n2ccnc2P(c2ccccc2)c2ccccc2)c(F)c1F. The molecular weight excluding hydrogens is 387 g/mol. The summed E-state index contributed by atoms with van der Waals surface area (Å²) in [5.41, 5.74) is -0.345. The number of halogens is 4. The molecule has 0 aliphatic carbocycles. The highest BCUT2D eigenvalue weighted by molar-refractivity contribution is 7.79. The molecule has 140 valence electrons. The van der Waals surface area contributed by atoms with Crippen LogP contribution in [0.2, 0.25) is 0 Å². The van der Waals surface area contributed by atoms with Crippen molar-refractivity contribution < 1.29 is 17.6 Å². The number of imidazole rings is 1. The van der Waals surface area contributed by atoms with Crippen molar-refractivity contribution in [1.29, 1.82) is 0 Å². The first-order valence-electron chi connectivity index (χ1n) is 8.35. The number of benzene rings is 3. The summed E-state index contributed by atoms with van der Waals surface area (Å²) in [4.78, 5) is 4.32. The monoisotopic (exact) mass is 400 g/mol. The third-order valence-corrected chi connectivity index (χ3v) is 6.54. The maximum absolute atomic E-state index is 14.4. The first-order chi connectivity index (χ1) is 13.6. The van der Waals surface area contributed by atoms with E-state index in [2.05, 4.69) is 4.98 Å². The Morgan fingerprint density at radius 2 is 1.29 bits per heavy atom. The molecule has 0 saturated heterocycles. The molecule has 0 bridgehead atoms. The molecule has 3 aromatic carbocycles. The van der Waals surface area contributed by atoms with Gasteiger partial charge in [0.2, 0.25) is 0 Å². The molecule has 0 aliphatic heterocycles. The Hall–Kier alpha value is -2.98. The molecular formula is C21H13F4N2P. The zero-order chi connectivity index (χ0) is 19.7. The summed E-state index contributed by atoms with van der Waals surface area (Å²) in [5.74, 6) is -6.09. The van der Waals surface area contributed by atoms with Crippen LogP contribution in [0.1, 0.15) is 0 Å². The molecule has 0 spiro atoms. The first-order valence-corrected chi connectivity index (χ1v) is 9.69. The van der Waals surface area contributed by atoms with Gasteiger partial charge in [0.05, 0.1) is 0 Å². The van der Waals surface area contributed by atoms with Crippen LogP contribution in [-0.4, -0.2) is 9.55 Å². The molecule has 0 N–H and O–H groups in total. The number of hydrogen-bond donors (Lipinski definition) is 0. The largest absolute Gasteiger partial charge is 0.294 e. The maximum Gasteiger partial charge on any atom is 0.196 e. The average Bonchev–Trinajstić information content (AvgIpc) is 3.17. The minimum atomic E-state index is -1.72. The highest BCUT2D eigenvalue weighted by atomic mass is 31.1. The second-order valence-corrected chi connectivity index (χ2v) is 8.02.